The van der Waals surface area contributed by atoms with E-state index in [1.165, 1.54) is 0 Å². The van der Waals surface area contributed by atoms with E-state index in [0.717, 1.165) is 21.5 Å². The van der Waals surface area contributed by atoms with Crippen LogP contribution in [0.2, 0.25) is 0 Å². The van der Waals surface area contributed by atoms with E-state index in [0.29, 0.717) is 6.54 Å². The molecular weight excluding hydrogens is 308 g/mol. The minimum absolute atomic E-state index is 0.482. The third-order valence-corrected chi connectivity index (χ3v) is 3.56. The molecule has 0 aliphatic heterocycles. The van der Waals surface area contributed by atoms with Crippen molar-refractivity contribution < 1.29 is 4.74 Å². The third kappa shape index (κ3) is 3.33. The predicted octanol–water partition coefficient (Wildman–Crippen LogP) is 2.29. The lowest BCUT2D eigenvalue weighted by molar-refractivity contribution is 0.414. The van der Waals surface area contributed by atoms with E-state index < -0.39 is 5.54 Å². The standard InChI is InChI=1S/C13H17BrN4O/c1-13(2,15)12-8-18(17-16-12)7-9-6-10(19-3)4-5-11(9)14/h4-6,8H,7,15H2,1-3H3. The summed E-state index contributed by atoms with van der Waals surface area (Å²) in [6.07, 6.45) is 1.87. The quantitative estimate of drug-likeness (QED) is 0.937. The van der Waals surface area contributed by atoms with Crippen LogP contribution in [0.1, 0.15) is 25.1 Å². The molecule has 0 amide bonds. The molecule has 0 saturated heterocycles. The number of aromatic nitrogens is 3. The highest BCUT2D eigenvalue weighted by molar-refractivity contribution is 9.10. The fraction of sp³-hybridized carbons (Fsp3) is 0.385. The molecule has 2 rings (SSSR count). The summed E-state index contributed by atoms with van der Waals surface area (Å²) < 4.78 is 8.00. The number of halogens is 1. The molecule has 1 heterocycles. The largest absolute Gasteiger partial charge is 0.497 e. The molecule has 0 fully saturated rings. The molecular formula is C13H17BrN4O. The van der Waals surface area contributed by atoms with Gasteiger partial charge in [-0.25, -0.2) is 4.68 Å². The van der Waals surface area contributed by atoms with Crippen LogP contribution in [-0.2, 0) is 12.1 Å². The molecule has 0 atom stereocenters. The second kappa shape index (κ2) is 5.30. The van der Waals surface area contributed by atoms with Gasteiger partial charge in [0.25, 0.3) is 0 Å². The van der Waals surface area contributed by atoms with Crippen molar-refractivity contribution in [2.45, 2.75) is 25.9 Å². The molecule has 0 aliphatic carbocycles. The van der Waals surface area contributed by atoms with Crippen LogP contribution in [0.4, 0.5) is 0 Å². The summed E-state index contributed by atoms with van der Waals surface area (Å²) in [5, 5.41) is 8.20. The third-order valence-electron chi connectivity index (χ3n) is 2.78. The van der Waals surface area contributed by atoms with Gasteiger partial charge < -0.3 is 10.5 Å². The molecule has 0 aliphatic rings. The fourth-order valence-corrected chi connectivity index (χ4v) is 2.02. The van der Waals surface area contributed by atoms with E-state index in [1.807, 2.05) is 38.2 Å². The Morgan fingerprint density at radius 1 is 1.42 bits per heavy atom. The average Bonchev–Trinajstić information content (AvgIpc) is 2.80. The summed E-state index contributed by atoms with van der Waals surface area (Å²) in [5.74, 6) is 0.817. The number of ether oxygens (including phenoxy) is 1. The van der Waals surface area contributed by atoms with E-state index in [9.17, 15) is 0 Å². The van der Waals surface area contributed by atoms with Gasteiger partial charge >= 0.3 is 0 Å². The van der Waals surface area contributed by atoms with Gasteiger partial charge in [-0.1, -0.05) is 21.1 Å². The van der Waals surface area contributed by atoms with Gasteiger partial charge in [-0.15, -0.1) is 5.10 Å². The molecule has 2 aromatic rings. The highest BCUT2D eigenvalue weighted by atomic mass is 79.9. The Morgan fingerprint density at radius 2 is 2.16 bits per heavy atom. The smallest absolute Gasteiger partial charge is 0.119 e. The van der Waals surface area contributed by atoms with Crippen LogP contribution in [0.3, 0.4) is 0 Å². The maximum Gasteiger partial charge on any atom is 0.119 e. The van der Waals surface area contributed by atoms with E-state index in [1.54, 1.807) is 11.8 Å². The Balaban J connectivity index is 2.24. The summed E-state index contributed by atoms with van der Waals surface area (Å²) in [5.41, 5.74) is 7.36. The number of benzene rings is 1. The molecule has 2 N–H and O–H groups in total. The van der Waals surface area contributed by atoms with E-state index in [-0.39, 0.29) is 0 Å². The monoisotopic (exact) mass is 324 g/mol. The normalized spacial score (nSPS) is 11.6. The molecule has 19 heavy (non-hydrogen) atoms. The molecule has 6 heteroatoms. The van der Waals surface area contributed by atoms with E-state index in [4.69, 9.17) is 10.5 Å². The van der Waals surface area contributed by atoms with Crippen molar-refractivity contribution in [2.75, 3.05) is 7.11 Å². The van der Waals surface area contributed by atoms with Gasteiger partial charge in [-0.3, -0.25) is 0 Å². The zero-order chi connectivity index (χ0) is 14.0. The Morgan fingerprint density at radius 3 is 2.74 bits per heavy atom. The minimum Gasteiger partial charge on any atom is -0.497 e. The van der Waals surface area contributed by atoms with Gasteiger partial charge in [-0.05, 0) is 37.6 Å². The number of nitrogens with two attached hydrogens (primary N) is 1. The average molecular weight is 325 g/mol. The Bertz CT molecular complexity index is 574. The van der Waals surface area contributed by atoms with Crippen LogP contribution in [0.15, 0.2) is 28.9 Å². The van der Waals surface area contributed by atoms with Crippen molar-refractivity contribution in [3.05, 3.63) is 40.1 Å². The second-order valence-corrected chi connectivity index (χ2v) is 5.83. The Labute approximate surface area is 120 Å². The van der Waals surface area contributed by atoms with Crippen LogP contribution >= 0.6 is 15.9 Å². The summed E-state index contributed by atoms with van der Waals surface area (Å²) in [6.45, 7) is 4.42. The van der Waals surface area contributed by atoms with Crippen molar-refractivity contribution in [3.8, 4) is 5.75 Å². The molecule has 0 unspecified atom stereocenters. The second-order valence-electron chi connectivity index (χ2n) is 4.98. The van der Waals surface area contributed by atoms with Crippen LogP contribution in [0, 0.1) is 0 Å². The maximum absolute atomic E-state index is 5.99. The molecule has 5 nitrogen and oxygen atoms in total. The van der Waals surface area contributed by atoms with Gasteiger partial charge in [0.15, 0.2) is 0 Å². The molecule has 0 radical (unpaired) electrons. The zero-order valence-electron chi connectivity index (χ0n) is 11.2. The summed E-state index contributed by atoms with van der Waals surface area (Å²) in [6, 6.07) is 5.83. The lowest BCUT2D eigenvalue weighted by Gasteiger charge is -2.13. The topological polar surface area (TPSA) is 66.0 Å². The number of nitrogens with zero attached hydrogens (tertiary/aromatic N) is 3. The van der Waals surface area contributed by atoms with Crippen molar-refractivity contribution in [3.63, 3.8) is 0 Å². The minimum atomic E-state index is -0.482. The number of hydrogen-bond acceptors (Lipinski definition) is 4. The number of hydrogen-bond donors (Lipinski definition) is 1. The fourth-order valence-electron chi connectivity index (χ4n) is 1.64. The van der Waals surface area contributed by atoms with Crippen LogP contribution < -0.4 is 10.5 Å². The number of rotatable bonds is 4. The predicted molar refractivity (Wildman–Crippen MR) is 77.0 cm³/mol. The maximum atomic E-state index is 5.99. The van der Waals surface area contributed by atoms with Crippen molar-refractivity contribution in [1.29, 1.82) is 0 Å². The van der Waals surface area contributed by atoms with Crippen molar-refractivity contribution >= 4 is 15.9 Å². The van der Waals surface area contributed by atoms with Gasteiger partial charge in [0.1, 0.15) is 11.4 Å². The van der Waals surface area contributed by atoms with Crippen molar-refractivity contribution in [2.24, 2.45) is 5.73 Å². The van der Waals surface area contributed by atoms with Crippen LogP contribution in [-0.4, -0.2) is 22.1 Å². The molecule has 0 bridgehead atoms. The molecule has 0 saturated carbocycles. The molecule has 0 spiro atoms. The van der Waals surface area contributed by atoms with Crippen LogP contribution in [0.5, 0.6) is 5.75 Å². The lowest BCUT2D eigenvalue weighted by atomic mass is 10.0. The van der Waals surface area contributed by atoms with Crippen LogP contribution in [0.25, 0.3) is 0 Å². The van der Waals surface area contributed by atoms with Gasteiger partial charge in [0, 0.05) is 4.47 Å². The first kappa shape index (κ1) is 14.0. The van der Waals surface area contributed by atoms with Gasteiger partial charge in [0.05, 0.1) is 25.4 Å². The zero-order valence-corrected chi connectivity index (χ0v) is 12.8. The summed E-state index contributed by atoms with van der Waals surface area (Å²) in [4.78, 5) is 0. The van der Waals surface area contributed by atoms with Gasteiger partial charge in [0.2, 0.25) is 0 Å². The first-order valence-electron chi connectivity index (χ1n) is 5.92. The van der Waals surface area contributed by atoms with Gasteiger partial charge in [-0.2, -0.15) is 0 Å². The first-order chi connectivity index (χ1) is 8.90. The van der Waals surface area contributed by atoms with E-state index >= 15 is 0 Å². The summed E-state index contributed by atoms with van der Waals surface area (Å²) in [7, 11) is 1.65. The first-order valence-corrected chi connectivity index (χ1v) is 6.71. The van der Waals surface area contributed by atoms with E-state index in [2.05, 4.69) is 26.2 Å². The summed E-state index contributed by atoms with van der Waals surface area (Å²) >= 11 is 3.52. The van der Waals surface area contributed by atoms with Crippen molar-refractivity contribution in [1.82, 2.24) is 15.0 Å². The molecule has 1 aromatic carbocycles. The number of methoxy groups -OCH3 is 1. The molecule has 102 valence electrons. The highest BCUT2D eigenvalue weighted by Gasteiger charge is 2.18. The highest BCUT2D eigenvalue weighted by Crippen LogP contribution is 2.23. The lowest BCUT2D eigenvalue weighted by Crippen LogP contribution is -2.29. The SMILES string of the molecule is COc1ccc(Br)c(Cn2cc(C(C)(C)N)nn2)c1. The Hall–Kier alpha value is -1.40. The molecule has 1 aromatic heterocycles. The Kier molecular flexibility index (Phi) is 3.91.